The fourth-order valence-corrected chi connectivity index (χ4v) is 4.75. The number of hydrogen-bond donors (Lipinski definition) is 1. The van der Waals surface area contributed by atoms with Crippen molar-refractivity contribution in [2.24, 2.45) is 4.99 Å². The molecule has 2 amide bonds. The number of benzene rings is 3. The van der Waals surface area contributed by atoms with Gasteiger partial charge in [-0.1, -0.05) is 41.6 Å². The van der Waals surface area contributed by atoms with Crippen molar-refractivity contribution in [3.05, 3.63) is 83.4 Å². The third-order valence-electron chi connectivity index (χ3n) is 5.32. The molecule has 0 saturated carbocycles. The fraction of sp³-hybridized carbons (Fsp3) is 0.192. The topological polar surface area (TPSA) is 80.2 Å². The predicted molar refractivity (Wildman–Crippen MR) is 140 cm³/mol. The molecule has 35 heavy (non-hydrogen) atoms. The van der Waals surface area contributed by atoms with Crippen LogP contribution in [0.1, 0.15) is 12.0 Å². The molecule has 0 aromatic heterocycles. The third kappa shape index (κ3) is 6.35. The smallest absolute Gasteiger partial charge is 0.238 e. The van der Waals surface area contributed by atoms with Gasteiger partial charge in [0.2, 0.25) is 11.8 Å². The Morgan fingerprint density at radius 2 is 1.71 bits per heavy atom. The molecule has 1 aliphatic heterocycles. The van der Waals surface area contributed by atoms with E-state index in [1.165, 1.54) is 11.8 Å². The first-order valence-corrected chi connectivity index (χ1v) is 12.1. The number of halogens is 1. The van der Waals surface area contributed by atoms with Gasteiger partial charge in [0.25, 0.3) is 0 Å². The maximum absolute atomic E-state index is 13.2. The van der Waals surface area contributed by atoms with Crippen molar-refractivity contribution in [2.75, 3.05) is 19.5 Å². The van der Waals surface area contributed by atoms with Gasteiger partial charge >= 0.3 is 0 Å². The zero-order chi connectivity index (χ0) is 24.8. The van der Waals surface area contributed by atoms with Gasteiger partial charge in [-0.15, -0.1) is 0 Å². The van der Waals surface area contributed by atoms with E-state index in [1.54, 1.807) is 67.7 Å². The lowest BCUT2D eigenvalue weighted by Gasteiger charge is -2.32. The number of methoxy groups -OCH3 is 2. The summed E-state index contributed by atoms with van der Waals surface area (Å²) >= 11 is 7.39. The molecular weight excluding hydrogens is 486 g/mol. The molecule has 3 aromatic carbocycles. The predicted octanol–water partition coefficient (Wildman–Crippen LogP) is 5.52. The second kappa shape index (κ2) is 11.3. The maximum atomic E-state index is 13.2. The van der Waals surface area contributed by atoms with E-state index in [9.17, 15) is 9.59 Å². The van der Waals surface area contributed by atoms with Gasteiger partial charge in [-0.2, -0.15) is 0 Å². The standard InChI is InChI=1S/C26H24ClN3O4S/c1-33-21-10-6-17(7-11-21)16-30-24(31)15-23(25(32)28-19-8-12-22(34-2)13-9-19)35-26(30)29-20-5-3-4-18(27)14-20/h3-14,23H,15-16H2,1-2H3,(H,28,32). The van der Waals surface area contributed by atoms with Gasteiger partial charge in [0.05, 0.1) is 26.5 Å². The molecule has 1 heterocycles. The number of nitrogens with one attached hydrogen (secondary N) is 1. The summed E-state index contributed by atoms with van der Waals surface area (Å²) in [5.74, 6) is 0.971. The Labute approximate surface area is 213 Å². The summed E-state index contributed by atoms with van der Waals surface area (Å²) in [5.41, 5.74) is 2.14. The van der Waals surface area contributed by atoms with E-state index in [-0.39, 0.29) is 18.2 Å². The number of hydrogen-bond acceptors (Lipinski definition) is 6. The molecule has 1 aliphatic rings. The molecular formula is C26H24ClN3O4S. The van der Waals surface area contributed by atoms with Crippen molar-refractivity contribution < 1.29 is 19.1 Å². The van der Waals surface area contributed by atoms with Crippen LogP contribution in [-0.4, -0.2) is 41.4 Å². The van der Waals surface area contributed by atoms with Crippen LogP contribution in [0.5, 0.6) is 11.5 Å². The molecule has 0 aliphatic carbocycles. The van der Waals surface area contributed by atoms with Crippen LogP contribution in [0, 0.1) is 0 Å². The summed E-state index contributed by atoms with van der Waals surface area (Å²) in [6, 6.07) is 21.6. The van der Waals surface area contributed by atoms with Gasteiger partial charge in [0.15, 0.2) is 5.17 Å². The Bertz CT molecular complexity index is 1230. The molecule has 0 spiro atoms. The van der Waals surface area contributed by atoms with Crippen LogP contribution in [0.3, 0.4) is 0 Å². The average molecular weight is 510 g/mol. The molecule has 3 aromatic rings. The van der Waals surface area contributed by atoms with Crippen molar-refractivity contribution in [3.8, 4) is 11.5 Å². The number of ether oxygens (including phenoxy) is 2. The summed E-state index contributed by atoms with van der Waals surface area (Å²) in [5, 5.41) is 3.22. The molecule has 1 fully saturated rings. The van der Waals surface area contributed by atoms with Gasteiger partial charge in [0.1, 0.15) is 16.7 Å². The summed E-state index contributed by atoms with van der Waals surface area (Å²) in [6.45, 7) is 0.321. The van der Waals surface area contributed by atoms with E-state index in [2.05, 4.69) is 10.3 Å². The highest BCUT2D eigenvalue weighted by Crippen LogP contribution is 2.32. The summed E-state index contributed by atoms with van der Waals surface area (Å²) < 4.78 is 10.4. The van der Waals surface area contributed by atoms with Gasteiger partial charge in [-0.25, -0.2) is 4.99 Å². The highest BCUT2D eigenvalue weighted by Gasteiger charge is 2.36. The molecule has 1 saturated heterocycles. The van der Waals surface area contributed by atoms with Gasteiger partial charge < -0.3 is 14.8 Å². The number of anilines is 1. The Morgan fingerprint density at radius 3 is 2.34 bits per heavy atom. The number of nitrogens with zero attached hydrogens (tertiary/aromatic N) is 2. The van der Waals surface area contributed by atoms with Crippen LogP contribution in [0.15, 0.2) is 77.8 Å². The molecule has 4 rings (SSSR count). The molecule has 1 atom stereocenters. The van der Waals surface area contributed by atoms with Crippen molar-refractivity contribution in [1.29, 1.82) is 0 Å². The summed E-state index contributed by atoms with van der Waals surface area (Å²) in [4.78, 5) is 32.5. The molecule has 0 bridgehead atoms. The minimum atomic E-state index is -0.630. The Balaban J connectivity index is 1.57. The normalized spacial score (nSPS) is 16.8. The average Bonchev–Trinajstić information content (AvgIpc) is 2.86. The Morgan fingerprint density at radius 1 is 1.06 bits per heavy atom. The SMILES string of the molecule is COc1ccc(CN2C(=O)CC(C(=O)Nc3ccc(OC)cc3)SC2=Nc2cccc(Cl)c2)cc1. The van der Waals surface area contributed by atoms with Gasteiger partial charge in [-0.3, -0.25) is 14.5 Å². The maximum Gasteiger partial charge on any atom is 0.238 e. The van der Waals surface area contributed by atoms with Crippen molar-refractivity contribution in [3.63, 3.8) is 0 Å². The lowest BCUT2D eigenvalue weighted by Crippen LogP contribution is -2.44. The fourth-order valence-electron chi connectivity index (χ4n) is 3.46. The largest absolute Gasteiger partial charge is 0.497 e. The minimum absolute atomic E-state index is 0.0530. The van der Waals surface area contributed by atoms with E-state index in [4.69, 9.17) is 21.1 Å². The van der Waals surface area contributed by atoms with E-state index >= 15 is 0 Å². The van der Waals surface area contributed by atoms with Gasteiger partial charge in [-0.05, 0) is 60.2 Å². The zero-order valence-electron chi connectivity index (χ0n) is 19.2. The van der Waals surface area contributed by atoms with Crippen LogP contribution in [0.4, 0.5) is 11.4 Å². The molecule has 0 radical (unpaired) electrons. The molecule has 7 nitrogen and oxygen atoms in total. The number of amidine groups is 1. The zero-order valence-corrected chi connectivity index (χ0v) is 20.8. The van der Waals surface area contributed by atoms with E-state index in [0.29, 0.717) is 33.9 Å². The van der Waals surface area contributed by atoms with Gasteiger partial charge in [0, 0.05) is 17.1 Å². The Kier molecular flexibility index (Phi) is 7.94. The van der Waals surface area contributed by atoms with Crippen LogP contribution in [-0.2, 0) is 16.1 Å². The van der Waals surface area contributed by atoms with Crippen molar-refractivity contribution in [1.82, 2.24) is 4.90 Å². The monoisotopic (exact) mass is 509 g/mol. The molecule has 9 heteroatoms. The number of aliphatic imine (C=N–C) groups is 1. The molecule has 180 valence electrons. The number of rotatable bonds is 7. The number of carbonyl (C=O) groups is 2. The van der Waals surface area contributed by atoms with E-state index in [0.717, 1.165) is 11.3 Å². The number of amides is 2. The second-order valence-corrected chi connectivity index (χ2v) is 9.34. The quantitative estimate of drug-likeness (QED) is 0.453. The highest BCUT2D eigenvalue weighted by molar-refractivity contribution is 8.15. The van der Waals surface area contributed by atoms with Crippen LogP contribution < -0.4 is 14.8 Å². The van der Waals surface area contributed by atoms with E-state index < -0.39 is 5.25 Å². The first-order valence-electron chi connectivity index (χ1n) is 10.8. The first kappa shape index (κ1) is 24.6. The second-order valence-electron chi connectivity index (χ2n) is 7.73. The van der Waals surface area contributed by atoms with Crippen molar-refractivity contribution in [2.45, 2.75) is 18.2 Å². The lowest BCUT2D eigenvalue weighted by atomic mass is 10.2. The number of thioether (sulfide) groups is 1. The molecule has 1 unspecified atom stereocenters. The first-order chi connectivity index (χ1) is 16.9. The summed E-state index contributed by atoms with van der Waals surface area (Å²) in [6.07, 6.45) is 0.0530. The van der Waals surface area contributed by atoms with Crippen LogP contribution in [0.25, 0.3) is 0 Å². The van der Waals surface area contributed by atoms with Crippen molar-refractivity contribution >= 4 is 51.7 Å². The third-order valence-corrected chi connectivity index (χ3v) is 6.75. The van der Waals surface area contributed by atoms with E-state index in [1.807, 2.05) is 24.3 Å². The Hall–Kier alpha value is -3.49. The molecule has 1 N–H and O–H groups in total. The minimum Gasteiger partial charge on any atom is -0.497 e. The lowest BCUT2D eigenvalue weighted by molar-refractivity contribution is -0.129. The summed E-state index contributed by atoms with van der Waals surface area (Å²) in [7, 11) is 3.18. The highest BCUT2D eigenvalue weighted by atomic mass is 35.5. The number of carbonyl (C=O) groups excluding carboxylic acids is 2. The van der Waals surface area contributed by atoms with Crippen LogP contribution >= 0.6 is 23.4 Å². The van der Waals surface area contributed by atoms with Crippen LogP contribution in [0.2, 0.25) is 5.02 Å².